The third kappa shape index (κ3) is 1.86. The standard InChI is InChI=1S/C13H9FN4/c14-10-3-1-9(2-4-10)13-11(7-17-18-13)12-5-6-15-8-16-12/h1-8H,(H,17,18). The number of halogens is 1. The molecule has 4 nitrogen and oxygen atoms in total. The van der Waals surface area contributed by atoms with E-state index in [9.17, 15) is 4.39 Å². The van der Waals surface area contributed by atoms with Crippen LogP contribution in [0.4, 0.5) is 4.39 Å². The van der Waals surface area contributed by atoms with E-state index in [0.717, 1.165) is 22.5 Å². The highest BCUT2D eigenvalue weighted by molar-refractivity contribution is 5.78. The van der Waals surface area contributed by atoms with Gasteiger partial charge in [0.05, 0.1) is 17.6 Å². The van der Waals surface area contributed by atoms with Crippen LogP contribution in [0.15, 0.2) is 49.1 Å². The lowest BCUT2D eigenvalue weighted by atomic mass is 10.1. The molecule has 0 aliphatic rings. The maximum Gasteiger partial charge on any atom is 0.123 e. The van der Waals surface area contributed by atoms with Gasteiger partial charge in [-0.15, -0.1) is 0 Å². The van der Waals surface area contributed by atoms with Gasteiger partial charge < -0.3 is 0 Å². The molecule has 0 aliphatic carbocycles. The summed E-state index contributed by atoms with van der Waals surface area (Å²) in [5.74, 6) is -0.262. The smallest absolute Gasteiger partial charge is 0.123 e. The Morgan fingerprint density at radius 2 is 1.89 bits per heavy atom. The number of aromatic amines is 1. The van der Waals surface area contributed by atoms with Crippen molar-refractivity contribution in [2.45, 2.75) is 0 Å². The van der Waals surface area contributed by atoms with Crippen molar-refractivity contribution < 1.29 is 4.39 Å². The zero-order valence-corrected chi connectivity index (χ0v) is 9.34. The Kier molecular flexibility index (Phi) is 2.57. The molecular formula is C13H9FN4. The van der Waals surface area contributed by atoms with Gasteiger partial charge in [-0.25, -0.2) is 14.4 Å². The van der Waals surface area contributed by atoms with Gasteiger partial charge in [-0.05, 0) is 30.3 Å². The fourth-order valence-corrected chi connectivity index (χ4v) is 1.77. The van der Waals surface area contributed by atoms with Crippen molar-refractivity contribution >= 4 is 0 Å². The SMILES string of the molecule is Fc1ccc(-c2[nH]ncc2-c2ccncn2)cc1. The molecular weight excluding hydrogens is 231 g/mol. The van der Waals surface area contributed by atoms with Crippen LogP contribution in [0, 0.1) is 5.82 Å². The van der Waals surface area contributed by atoms with Crippen molar-refractivity contribution in [1.82, 2.24) is 20.2 Å². The number of nitrogens with one attached hydrogen (secondary N) is 1. The Hall–Kier alpha value is -2.56. The van der Waals surface area contributed by atoms with E-state index in [0.29, 0.717) is 0 Å². The number of hydrogen-bond acceptors (Lipinski definition) is 3. The summed E-state index contributed by atoms with van der Waals surface area (Å²) in [6.45, 7) is 0. The lowest BCUT2D eigenvalue weighted by Crippen LogP contribution is -1.86. The molecule has 0 spiro atoms. The summed E-state index contributed by atoms with van der Waals surface area (Å²) in [4.78, 5) is 8.06. The van der Waals surface area contributed by atoms with E-state index >= 15 is 0 Å². The highest BCUT2D eigenvalue weighted by Crippen LogP contribution is 2.28. The maximum atomic E-state index is 12.9. The Morgan fingerprint density at radius 3 is 2.61 bits per heavy atom. The summed E-state index contributed by atoms with van der Waals surface area (Å²) >= 11 is 0. The van der Waals surface area contributed by atoms with Crippen molar-refractivity contribution in [3.63, 3.8) is 0 Å². The molecule has 0 unspecified atom stereocenters. The van der Waals surface area contributed by atoms with Crippen molar-refractivity contribution in [2.24, 2.45) is 0 Å². The number of H-pyrrole nitrogens is 1. The van der Waals surface area contributed by atoms with Crippen molar-refractivity contribution in [3.8, 4) is 22.5 Å². The summed E-state index contributed by atoms with van der Waals surface area (Å²) in [7, 11) is 0. The molecule has 0 aliphatic heterocycles. The third-order valence-corrected chi connectivity index (χ3v) is 2.63. The van der Waals surface area contributed by atoms with Crippen molar-refractivity contribution in [3.05, 3.63) is 54.9 Å². The second kappa shape index (κ2) is 4.37. The van der Waals surface area contributed by atoms with Crippen LogP contribution in [0.5, 0.6) is 0 Å². The fraction of sp³-hybridized carbons (Fsp3) is 0. The molecule has 88 valence electrons. The minimum Gasteiger partial charge on any atom is -0.277 e. The Balaban J connectivity index is 2.10. The normalized spacial score (nSPS) is 10.5. The average molecular weight is 240 g/mol. The zero-order valence-electron chi connectivity index (χ0n) is 9.34. The molecule has 0 atom stereocenters. The average Bonchev–Trinajstić information content (AvgIpc) is 2.90. The Morgan fingerprint density at radius 1 is 1.06 bits per heavy atom. The first-order valence-corrected chi connectivity index (χ1v) is 5.40. The molecule has 5 heteroatoms. The minimum atomic E-state index is -0.262. The highest BCUT2D eigenvalue weighted by Gasteiger charge is 2.10. The lowest BCUT2D eigenvalue weighted by Gasteiger charge is -2.02. The molecule has 3 rings (SSSR count). The predicted octanol–water partition coefficient (Wildman–Crippen LogP) is 2.67. The van der Waals surface area contributed by atoms with E-state index < -0.39 is 0 Å². The monoisotopic (exact) mass is 240 g/mol. The van der Waals surface area contributed by atoms with Crippen LogP contribution in [0.25, 0.3) is 22.5 Å². The first-order valence-electron chi connectivity index (χ1n) is 5.40. The van der Waals surface area contributed by atoms with Crippen LogP contribution in [-0.2, 0) is 0 Å². The quantitative estimate of drug-likeness (QED) is 0.749. The van der Waals surface area contributed by atoms with Gasteiger partial charge in [0.15, 0.2) is 0 Å². The van der Waals surface area contributed by atoms with E-state index in [1.165, 1.54) is 18.5 Å². The van der Waals surface area contributed by atoms with Crippen LogP contribution >= 0.6 is 0 Å². The second-order valence-corrected chi connectivity index (χ2v) is 3.76. The van der Waals surface area contributed by atoms with Crippen molar-refractivity contribution in [2.75, 3.05) is 0 Å². The summed E-state index contributed by atoms with van der Waals surface area (Å²) in [5, 5.41) is 6.93. The van der Waals surface area contributed by atoms with E-state index in [4.69, 9.17) is 0 Å². The number of benzene rings is 1. The maximum absolute atomic E-state index is 12.9. The molecule has 18 heavy (non-hydrogen) atoms. The molecule has 1 N–H and O–H groups in total. The Bertz CT molecular complexity index is 646. The first kappa shape index (κ1) is 10.6. The van der Waals surface area contributed by atoms with Gasteiger partial charge in [0.2, 0.25) is 0 Å². The van der Waals surface area contributed by atoms with Crippen LogP contribution in [0.1, 0.15) is 0 Å². The van der Waals surface area contributed by atoms with Gasteiger partial charge in [0, 0.05) is 17.3 Å². The van der Waals surface area contributed by atoms with E-state index in [-0.39, 0.29) is 5.82 Å². The minimum absolute atomic E-state index is 0.262. The van der Waals surface area contributed by atoms with Crippen LogP contribution in [-0.4, -0.2) is 20.2 Å². The summed E-state index contributed by atoms with van der Waals surface area (Å²) in [6.07, 6.45) is 4.85. The number of hydrogen-bond donors (Lipinski definition) is 1. The molecule has 3 aromatic rings. The molecule has 0 saturated carbocycles. The molecule has 0 bridgehead atoms. The third-order valence-electron chi connectivity index (χ3n) is 2.63. The molecule has 0 fully saturated rings. The van der Waals surface area contributed by atoms with Crippen LogP contribution in [0.3, 0.4) is 0 Å². The van der Waals surface area contributed by atoms with Gasteiger partial charge in [0.1, 0.15) is 12.1 Å². The Labute approximate surface area is 103 Å². The lowest BCUT2D eigenvalue weighted by molar-refractivity contribution is 0.628. The molecule has 0 radical (unpaired) electrons. The largest absolute Gasteiger partial charge is 0.277 e. The zero-order chi connectivity index (χ0) is 12.4. The van der Waals surface area contributed by atoms with E-state index in [1.54, 1.807) is 30.6 Å². The van der Waals surface area contributed by atoms with Crippen LogP contribution in [0.2, 0.25) is 0 Å². The van der Waals surface area contributed by atoms with Crippen LogP contribution < -0.4 is 0 Å². The highest BCUT2D eigenvalue weighted by atomic mass is 19.1. The van der Waals surface area contributed by atoms with Gasteiger partial charge in [0.25, 0.3) is 0 Å². The summed E-state index contributed by atoms with van der Waals surface area (Å²) < 4.78 is 12.9. The molecule has 2 heterocycles. The van der Waals surface area contributed by atoms with Gasteiger partial charge in [-0.3, -0.25) is 5.10 Å². The number of aromatic nitrogens is 4. The fourth-order valence-electron chi connectivity index (χ4n) is 1.77. The molecule has 1 aromatic carbocycles. The summed E-state index contributed by atoms with van der Waals surface area (Å²) in [5.41, 5.74) is 3.32. The number of nitrogens with zero attached hydrogens (tertiary/aromatic N) is 3. The van der Waals surface area contributed by atoms with E-state index in [2.05, 4.69) is 20.2 Å². The molecule has 0 saturated heterocycles. The topological polar surface area (TPSA) is 54.5 Å². The van der Waals surface area contributed by atoms with Gasteiger partial charge >= 0.3 is 0 Å². The van der Waals surface area contributed by atoms with Gasteiger partial charge in [-0.2, -0.15) is 5.10 Å². The van der Waals surface area contributed by atoms with Gasteiger partial charge in [-0.1, -0.05) is 0 Å². The predicted molar refractivity (Wildman–Crippen MR) is 65.0 cm³/mol. The number of rotatable bonds is 2. The summed E-state index contributed by atoms with van der Waals surface area (Å²) in [6, 6.07) is 8.04. The van der Waals surface area contributed by atoms with Crippen molar-refractivity contribution in [1.29, 1.82) is 0 Å². The molecule has 2 aromatic heterocycles. The molecule has 0 amide bonds. The second-order valence-electron chi connectivity index (χ2n) is 3.76. The van der Waals surface area contributed by atoms with E-state index in [1.807, 2.05) is 0 Å². The first-order chi connectivity index (χ1) is 8.84.